The van der Waals surface area contributed by atoms with Crippen molar-refractivity contribution in [2.45, 2.75) is 193 Å². The van der Waals surface area contributed by atoms with Crippen LogP contribution in [0.25, 0.3) is 0 Å². The maximum Gasteiger partial charge on any atom is 0.329 e. The SMILES string of the molecule is COCCO[C@@H]1CC[C@@H](C[C@@H](C)[C@@H]2CC(=O)[C@H](C)/C=C(\C)[C@@H](O)[C@@H](OC)C(=O)[C@H](C)C[C@H](C)/C=C/C=C/C=C(\C)C(OCc3cnccn3)C[C@@H]3CC[C@@H](C)[C@@](C)(O3)C(=O)C(=O)N3CCCC[C@H]3C(=O)O2)C[C@H]1OC. The number of methoxy groups -OCH3 is 3. The Morgan fingerprint density at radius 2 is 1.63 bits per heavy atom. The molecule has 2 bridgehead atoms. The van der Waals surface area contributed by atoms with Gasteiger partial charge in [-0.1, -0.05) is 71.1 Å². The van der Waals surface area contributed by atoms with Crippen molar-refractivity contribution in [2.24, 2.45) is 35.5 Å². The zero-order chi connectivity index (χ0) is 54.8. The van der Waals surface area contributed by atoms with Crippen molar-refractivity contribution < 1.29 is 62.2 Å². The third kappa shape index (κ3) is 17.4. The average Bonchev–Trinajstić information content (AvgIpc) is 3.40. The number of hydrogen-bond donors (Lipinski definition) is 1. The summed E-state index contributed by atoms with van der Waals surface area (Å²) >= 11 is 0. The number of carbonyl (C=O) groups excluding carboxylic acids is 5. The molecule has 16 nitrogen and oxygen atoms in total. The first-order valence-electron chi connectivity index (χ1n) is 27.5. The first-order valence-corrected chi connectivity index (χ1v) is 27.5. The van der Waals surface area contributed by atoms with Crippen LogP contribution in [-0.4, -0.2) is 145 Å². The summed E-state index contributed by atoms with van der Waals surface area (Å²) in [5.74, 6) is -4.22. The average molecular weight is 1050 g/mol. The molecule has 0 aromatic carbocycles. The zero-order valence-electron chi connectivity index (χ0n) is 46.8. The molecule has 1 N–H and O–H groups in total. The smallest absolute Gasteiger partial charge is 0.329 e. The summed E-state index contributed by atoms with van der Waals surface area (Å²) in [5.41, 5.74) is 0.487. The van der Waals surface area contributed by atoms with Crippen LogP contribution in [0.4, 0.5) is 0 Å². The molecule has 1 aliphatic carbocycles. The Hall–Kier alpha value is -4.29. The van der Waals surface area contributed by atoms with E-state index in [-0.39, 0.29) is 67.0 Å². The molecule has 1 aromatic rings. The fourth-order valence-electron chi connectivity index (χ4n) is 11.3. The molecule has 75 heavy (non-hydrogen) atoms. The quantitative estimate of drug-likeness (QED) is 0.0907. The van der Waals surface area contributed by atoms with Gasteiger partial charge in [0.15, 0.2) is 5.78 Å². The van der Waals surface area contributed by atoms with E-state index in [4.69, 9.17) is 33.2 Å². The Kier molecular flexibility index (Phi) is 24.6. The first kappa shape index (κ1) is 61.6. The molecular weight excluding hydrogens is 959 g/mol. The maximum absolute atomic E-state index is 14.7. The number of ketones is 3. The van der Waals surface area contributed by atoms with Crippen LogP contribution in [0.5, 0.6) is 0 Å². The Bertz CT molecular complexity index is 2150. The Labute approximate surface area is 446 Å². The van der Waals surface area contributed by atoms with Crippen LogP contribution in [0.2, 0.25) is 0 Å². The van der Waals surface area contributed by atoms with E-state index in [1.807, 2.05) is 65.0 Å². The van der Waals surface area contributed by atoms with Gasteiger partial charge >= 0.3 is 5.97 Å². The normalized spacial score (nSPS) is 36.6. The molecule has 4 aliphatic rings. The molecule has 3 fully saturated rings. The summed E-state index contributed by atoms with van der Waals surface area (Å²) in [6.07, 6.45) is 18.3. The molecule has 0 radical (unpaired) electrons. The van der Waals surface area contributed by atoms with Gasteiger partial charge in [0.1, 0.15) is 35.7 Å². The van der Waals surface area contributed by atoms with E-state index in [2.05, 4.69) is 9.97 Å². The van der Waals surface area contributed by atoms with Gasteiger partial charge < -0.3 is 43.2 Å². The number of amides is 1. The molecule has 0 spiro atoms. The van der Waals surface area contributed by atoms with Crippen molar-refractivity contribution in [1.29, 1.82) is 0 Å². The largest absolute Gasteiger partial charge is 0.460 e. The van der Waals surface area contributed by atoms with Gasteiger partial charge in [-0.25, -0.2) is 4.79 Å². The number of Topliss-reactive ketones (excluding diaryl/α,β-unsaturated/α-hetero) is 3. The molecular formula is C59H89N3O13. The number of piperidine rings is 1. The molecule has 1 unspecified atom stereocenters. The summed E-state index contributed by atoms with van der Waals surface area (Å²) in [4.78, 5) is 82.3. The predicted octanol–water partition coefficient (Wildman–Crippen LogP) is 8.28. The summed E-state index contributed by atoms with van der Waals surface area (Å²) in [6.45, 7) is 16.1. The van der Waals surface area contributed by atoms with Gasteiger partial charge in [-0.05, 0) is 120 Å². The molecule has 5 rings (SSSR count). The van der Waals surface area contributed by atoms with Crippen LogP contribution in [0, 0.1) is 35.5 Å². The second kappa shape index (κ2) is 30.0. The first-order chi connectivity index (χ1) is 35.8. The lowest BCUT2D eigenvalue weighted by Gasteiger charge is -2.44. The van der Waals surface area contributed by atoms with Gasteiger partial charge in [0.25, 0.3) is 11.7 Å². The van der Waals surface area contributed by atoms with Crippen molar-refractivity contribution >= 4 is 29.2 Å². The van der Waals surface area contributed by atoms with Crippen LogP contribution in [0.1, 0.15) is 138 Å². The van der Waals surface area contributed by atoms with Gasteiger partial charge in [-0.2, -0.15) is 0 Å². The second-order valence-electron chi connectivity index (χ2n) is 22.1. The third-order valence-electron chi connectivity index (χ3n) is 16.3. The summed E-state index contributed by atoms with van der Waals surface area (Å²) in [5, 5.41) is 11.6. The molecule has 1 aromatic heterocycles. The van der Waals surface area contributed by atoms with Crippen LogP contribution < -0.4 is 0 Å². The van der Waals surface area contributed by atoms with Crippen molar-refractivity contribution in [3.05, 3.63) is 71.9 Å². The van der Waals surface area contributed by atoms with Gasteiger partial charge in [0.2, 0.25) is 0 Å². The number of aliphatic hydroxyl groups is 1. The number of aliphatic hydroxyl groups excluding tert-OH is 1. The highest BCUT2D eigenvalue weighted by atomic mass is 16.6. The number of nitrogens with zero attached hydrogens (tertiary/aromatic N) is 3. The highest BCUT2D eigenvalue weighted by molar-refractivity contribution is 6.39. The second-order valence-corrected chi connectivity index (χ2v) is 22.1. The molecule has 16 heteroatoms. The molecule has 418 valence electrons. The predicted molar refractivity (Wildman–Crippen MR) is 284 cm³/mol. The number of ether oxygens (including phenoxy) is 7. The van der Waals surface area contributed by atoms with E-state index in [9.17, 15) is 29.1 Å². The van der Waals surface area contributed by atoms with E-state index in [0.29, 0.717) is 82.3 Å². The van der Waals surface area contributed by atoms with E-state index >= 15 is 0 Å². The molecule has 4 heterocycles. The molecule has 3 aliphatic heterocycles. The van der Waals surface area contributed by atoms with Crippen LogP contribution in [0.3, 0.4) is 0 Å². The molecule has 1 amide bonds. The van der Waals surface area contributed by atoms with Crippen molar-refractivity contribution in [3.8, 4) is 0 Å². The topological polar surface area (TPSA) is 199 Å². The van der Waals surface area contributed by atoms with Gasteiger partial charge in [0.05, 0.1) is 56.1 Å². The number of aromatic nitrogens is 2. The van der Waals surface area contributed by atoms with E-state index in [0.717, 1.165) is 18.4 Å². The minimum Gasteiger partial charge on any atom is -0.460 e. The molecule has 1 saturated carbocycles. The fourth-order valence-corrected chi connectivity index (χ4v) is 11.3. The Morgan fingerprint density at radius 1 is 0.853 bits per heavy atom. The summed E-state index contributed by atoms with van der Waals surface area (Å²) < 4.78 is 42.5. The zero-order valence-corrected chi connectivity index (χ0v) is 46.8. The van der Waals surface area contributed by atoms with Crippen molar-refractivity contribution in [1.82, 2.24) is 14.9 Å². The van der Waals surface area contributed by atoms with E-state index in [1.54, 1.807) is 59.7 Å². The van der Waals surface area contributed by atoms with Crippen LogP contribution in [-0.2, 0) is 63.7 Å². The highest BCUT2D eigenvalue weighted by Gasteiger charge is 2.51. The lowest BCUT2D eigenvalue weighted by molar-refractivity contribution is -0.185. The van der Waals surface area contributed by atoms with Gasteiger partial charge in [-0.3, -0.25) is 29.1 Å². The van der Waals surface area contributed by atoms with Crippen LogP contribution in [0.15, 0.2) is 66.2 Å². The monoisotopic (exact) mass is 1050 g/mol. The minimum atomic E-state index is -1.49. The minimum absolute atomic E-state index is 0.0122. The van der Waals surface area contributed by atoms with Crippen molar-refractivity contribution in [3.63, 3.8) is 0 Å². The highest BCUT2D eigenvalue weighted by Crippen LogP contribution is 2.39. The molecule has 15 atom stereocenters. The van der Waals surface area contributed by atoms with E-state index in [1.165, 1.54) is 12.0 Å². The Morgan fingerprint density at radius 3 is 2.33 bits per heavy atom. The number of carbonyl (C=O) groups is 5. The lowest BCUT2D eigenvalue weighted by Crippen LogP contribution is -2.59. The number of allylic oxidation sites excluding steroid dienone is 6. The number of esters is 1. The van der Waals surface area contributed by atoms with Gasteiger partial charge in [0, 0.05) is 64.9 Å². The number of cyclic esters (lactones) is 1. The van der Waals surface area contributed by atoms with E-state index < -0.39 is 71.7 Å². The fraction of sp³-hybridized carbons (Fsp3) is 0.712. The standard InChI is InChI=1S/C59H89N3O13/c1-37-17-13-12-14-18-38(2)50(73-36-45-35-60-24-25-61-45)33-46-22-20-43(7)59(8,75-46)56(66)57(67)62-26-16-15-19-47(62)58(68)74-51(40(4)31-44-21-23-49(52(32-44)70-10)72-28-27-69-9)34-48(63)39(3)30-42(6)54(65)55(71-11)53(64)41(5)29-37/h12-14,17-18,24-25,30,35,37,39-41,43-44,46-47,49-52,54-55,65H,15-16,19-23,26-29,31-34,36H2,1-11H3/b14-12+,17-13+,38-18+,42-30+/t37-,39-,40-,41-,43-,44+,46+,47+,49-,50?,51+,52-,54-,55+,59-/m1/s1. The molecule has 2 saturated heterocycles. The Balaban J connectivity index is 1.48. The summed E-state index contributed by atoms with van der Waals surface area (Å²) in [6, 6.07) is -1.05. The maximum atomic E-state index is 14.7. The van der Waals surface area contributed by atoms with Crippen LogP contribution >= 0.6 is 0 Å². The van der Waals surface area contributed by atoms with Crippen molar-refractivity contribution in [2.75, 3.05) is 41.1 Å². The number of hydrogen-bond acceptors (Lipinski definition) is 15. The number of fused-ring (bicyclic) bond motifs is 3. The third-order valence-corrected chi connectivity index (χ3v) is 16.3. The number of rotatable bonds is 12. The van der Waals surface area contributed by atoms with Gasteiger partial charge in [-0.15, -0.1) is 0 Å². The summed E-state index contributed by atoms with van der Waals surface area (Å²) in [7, 11) is 4.71. The lowest BCUT2D eigenvalue weighted by atomic mass is 9.78.